The highest BCUT2D eigenvalue weighted by atomic mass is 35.5. The quantitative estimate of drug-likeness (QED) is 0.154. The van der Waals surface area contributed by atoms with E-state index < -0.39 is 17.8 Å². The maximum atomic E-state index is 13.7. The summed E-state index contributed by atoms with van der Waals surface area (Å²) >= 11 is 21.7. The summed E-state index contributed by atoms with van der Waals surface area (Å²) in [4.78, 5) is 15.6. The number of nitrogens with zero attached hydrogens (tertiary/aromatic N) is 2. The predicted molar refractivity (Wildman–Crippen MR) is 178 cm³/mol. The lowest BCUT2D eigenvalue weighted by Crippen LogP contribution is -2.26. The Morgan fingerprint density at radius 1 is 1.20 bits per heavy atom. The zero-order valence-electron chi connectivity index (χ0n) is 23.7. The summed E-state index contributed by atoms with van der Waals surface area (Å²) in [7, 11) is 0. The molecule has 0 saturated carbocycles. The van der Waals surface area contributed by atoms with Gasteiger partial charge in [0.2, 0.25) is 5.88 Å². The highest BCUT2D eigenvalue weighted by Crippen LogP contribution is 2.55. The van der Waals surface area contributed by atoms with Gasteiger partial charge in [0.25, 0.3) is 5.95 Å². The number of anilines is 1. The van der Waals surface area contributed by atoms with Gasteiger partial charge >= 0.3 is 5.97 Å². The van der Waals surface area contributed by atoms with E-state index in [1.807, 2.05) is 36.4 Å². The summed E-state index contributed by atoms with van der Waals surface area (Å²) in [5.41, 5.74) is 3.27. The van der Waals surface area contributed by atoms with Gasteiger partial charge in [0.1, 0.15) is 22.2 Å². The van der Waals surface area contributed by atoms with Crippen molar-refractivity contribution in [3.05, 3.63) is 108 Å². The Morgan fingerprint density at radius 3 is 2.57 bits per heavy atom. The number of allylic oxidation sites excluding steroid dienone is 2. The van der Waals surface area contributed by atoms with Crippen molar-refractivity contribution in [3.63, 3.8) is 0 Å². The number of hydrogen-bond donors (Lipinski definition) is 2. The summed E-state index contributed by atoms with van der Waals surface area (Å²) in [5, 5.41) is 24.9. The van der Waals surface area contributed by atoms with E-state index in [9.17, 15) is 15.2 Å². The third kappa shape index (κ3) is 5.13. The van der Waals surface area contributed by atoms with Crippen LogP contribution in [0.3, 0.4) is 0 Å². The molecular formula is C32H25Cl2N3O4S3. The second-order valence-corrected chi connectivity index (χ2v) is 14.3. The molecule has 4 aromatic rings. The van der Waals surface area contributed by atoms with E-state index in [0.717, 1.165) is 26.7 Å². The van der Waals surface area contributed by atoms with Crippen LogP contribution in [0, 0.1) is 15.3 Å². The van der Waals surface area contributed by atoms with Gasteiger partial charge in [-0.15, -0.1) is 22.7 Å². The number of benzene rings is 2. The van der Waals surface area contributed by atoms with Crippen LogP contribution in [-0.2, 0) is 21.3 Å². The summed E-state index contributed by atoms with van der Waals surface area (Å²) in [6.07, 6.45) is 0.688. The monoisotopic (exact) mass is 681 g/mol. The minimum Gasteiger partial charge on any atom is -0.480 e. The Morgan fingerprint density at radius 2 is 1.91 bits per heavy atom. The van der Waals surface area contributed by atoms with E-state index in [0.29, 0.717) is 31.5 Å². The van der Waals surface area contributed by atoms with Crippen LogP contribution in [0.2, 0.25) is 5.02 Å². The molecule has 0 saturated heterocycles. The molecule has 2 aliphatic rings. The Bertz CT molecular complexity index is 1970. The standard InChI is InChI=1S/C32H25Cl2N3O4S3/c1-4-40-30(39)23-22-25-20(37(31(42)43-25)18-8-6-5-7-9-18)14-32(2,3)26(22)44-28(23)36-27-24(34)21(19(15-35)29(38)41-27)16-10-12-17(33)13-11-16/h5-13,21,36,38H,4,14H2,1-3H3. The Balaban J connectivity index is 1.53. The lowest BCUT2D eigenvalue weighted by molar-refractivity contribution is 0.0529. The van der Waals surface area contributed by atoms with Gasteiger partial charge in [0, 0.05) is 32.3 Å². The Labute approximate surface area is 277 Å². The number of para-hydroxylation sites is 1. The van der Waals surface area contributed by atoms with E-state index in [4.69, 9.17) is 44.9 Å². The number of carbonyl (C=O) groups excluding carboxylic acids is 1. The zero-order valence-corrected chi connectivity index (χ0v) is 27.7. The maximum absolute atomic E-state index is 13.7. The number of aromatic nitrogens is 1. The first kappa shape index (κ1) is 30.4. The summed E-state index contributed by atoms with van der Waals surface area (Å²) in [6.45, 7) is 6.19. The number of ether oxygens (including phenoxy) is 2. The molecule has 224 valence electrons. The molecule has 3 heterocycles. The molecule has 12 heteroatoms. The van der Waals surface area contributed by atoms with Gasteiger partial charge < -0.3 is 19.9 Å². The number of esters is 1. The van der Waals surface area contributed by atoms with Crippen LogP contribution >= 0.6 is 58.1 Å². The fourth-order valence-corrected chi connectivity index (χ4v) is 8.89. The fourth-order valence-electron chi connectivity index (χ4n) is 5.56. The lowest BCUT2D eigenvalue weighted by Gasteiger charge is -2.30. The van der Waals surface area contributed by atoms with Gasteiger partial charge in [-0.05, 0) is 55.4 Å². The van der Waals surface area contributed by atoms with Gasteiger partial charge in [-0.3, -0.25) is 4.57 Å². The number of halogens is 2. The average molecular weight is 683 g/mol. The highest BCUT2D eigenvalue weighted by Gasteiger charge is 2.42. The van der Waals surface area contributed by atoms with Crippen molar-refractivity contribution in [3.8, 4) is 22.2 Å². The Hall–Kier alpha value is -3.59. The van der Waals surface area contributed by atoms with Crippen LogP contribution in [0.25, 0.3) is 16.1 Å². The molecule has 0 bridgehead atoms. The summed E-state index contributed by atoms with van der Waals surface area (Å²) in [5.74, 6) is -1.91. The van der Waals surface area contributed by atoms with Crippen molar-refractivity contribution in [2.75, 3.05) is 11.9 Å². The number of aliphatic hydroxyl groups excluding tert-OH is 1. The fraction of sp³-hybridized carbons (Fsp3) is 0.219. The molecule has 0 amide bonds. The highest BCUT2D eigenvalue weighted by molar-refractivity contribution is 7.73. The number of thiophene rings is 1. The normalized spacial score (nSPS) is 17.0. The molecule has 1 atom stereocenters. The molecule has 44 heavy (non-hydrogen) atoms. The van der Waals surface area contributed by atoms with Gasteiger partial charge in [0.05, 0.1) is 22.4 Å². The van der Waals surface area contributed by atoms with E-state index in [2.05, 4.69) is 23.7 Å². The molecule has 1 unspecified atom stereocenters. The van der Waals surface area contributed by atoms with Crippen molar-refractivity contribution in [1.82, 2.24) is 4.57 Å². The van der Waals surface area contributed by atoms with Gasteiger partial charge in [-0.1, -0.05) is 67.4 Å². The lowest BCUT2D eigenvalue weighted by atomic mass is 9.78. The van der Waals surface area contributed by atoms with Crippen molar-refractivity contribution in [2.45, 2.75) is 38.5 Å². The second kappa shape index (κ2) is 11.7. The number of thiazole rings is 1. The zero-order chi connectivity index (χ0) is 31.3. The number of rotatable bonds is 6. The summed E-state index contributed by atoms with van der Waals surface area (Å²) in [6, 6.07) is 18.7. The van der Waals surface area contributed by atoms with E-state index >= 15 is 0 Å². The number of fused-ring (bicyclic) bond motifs is 3. The molecule has 0 spiro atoms. The largest absolute Gasteiger partial charge is 0.480 e. The molecule has 0 radical (unpaired) electrons. The summed E-state index contributed by atoms with van der Waals surface area (Å²) < 4.78 is 14.0. The third-order valence-corrected chi connectivity index (χ3v) is 11.0. The molecule has 2 aromatic carbocycles. The number of nitriles is 1. The number of hydrogen-bond acceptors (Lipinski definition) is 9. The van der Waals surface area contributed by atoms with Crippen LogP contribution in [0.1, 0.15) is 53.2 Å². The predicted octanol–water partition coefficient (Wildman–Crippen LogP) is 9.59. The molecule has 2 N–H and O–H groups in total. The first-order valence-electron chi connectivity index (χ1n) is 13.6. The van der Waals surface area contributed by atoms with Crippen molar-refractivity contribution in [2.24, 2.45) is 0 Å². The van der Waals surface area contributed by atoms with E-state index in [-0.39, 0.29) is 28.5 Å². The smallest absolute Gasteiger partial charge is 0.341 e. The SMILES string of the molecule is CCOC(=O)c1c(NC2=C(Cl)C(c3ccc(Cl)cc3)C(C#N)=C(O)O2)sc2c1-c1sc(=S)n(-c3ccccc3)c1CC2(C)C. The van der Waals surface area contributed by atoms with Crippen molar-refractivity contribution in [1.29, 1.82) is 5.26 Å². The molecule has 6 rings (SSSR count). The van der Waals surface area contributed by atoms with Gasteiger partial charge in [-0.2, -0.15) is 5.26 Å². The average Bonchev–Trinajstić information content (AvgIpc) is 3.53. The molecule has 0 fully saturated rings. The van der Waals surface area contributed by atoms with Crippen LogP contribution < -0.4 is 5.32 Å². The number of nitrogens with one attached hydrogen (secondary N) is 1. The van der Waals surface area contributed by atoms with Crippen molar-refractivity contribution >= 4 is 69.1 Å². The van der Waals surface area contributed by atoms with Crippen LogP contribution in [0.5, 0.6) is 0 Å². The van der Waals surface area contributed by atoms with E-state index in [1.165, 1.54) is 22.7 Å². The van der Waals surface area contributed by atoms with Crippen LogP contribution in [0.15, 0.2) is 77.0 Å². The number of carbonyl (C=O) groups is 1. The minimum absolute atomic E-state index is 0.000204. The number of aliphatic hydroxyl groups is 1. The van der Waals surface area contributed by atoms with Gasteiger partial charge in [0.15, 0.2) is 3.95 Å². The minimum atomic E-state index is -0.816. The van der Waals surface area contributed by atoms with Gasteiger partial charge in [-0.25, -0.2) is 4.79 Å². The van der Waals surface area contributed by atoms with Crippen LogP contribution in [0.4, 0.5) is 5.00 Å². The van der Waals surface area contributed by atoms with Crippen molar-refractivity contribution < 1.29 is 19.4 Å². The molecular weight excluding hydrogens is 657 g/mol. The molecule has 1 aliphatic heterocycles. The Kier molecular flexibility index (Phi) is 8.11. The third-order valence-electron chi connectivity index (χ3n) is 7.50. The van der Waals surface area contributed by atoms with E-state index in [1.54, 1.807) is 31.2 Å². The van der Waals surface area contributed by atoms with Crippen LogP contribution in [-0.4, -0.2) is 22.2 Å². The molecule has 2 aromatic heterocycles. The topological polar surface area (TPSA) is 96.5 Å². The first-order chi connectivity index (χ1) is 21.1. The maximum Gasteiger partial charge on any atom is 0.341 e. The second-order valence-electron chi connectivity index (χ2n) is 10.8. The molecule has 1 aliphatic carbocycles. The first-order valence-corrected chi connectivity index (χ1v) is 16.4. The molecule has 7 nitrogen and oxygen atoms in total.